The van der Waals surface area contributed by atoms with Crippen LogP contribution >= 0.6 is 0 Å². The van der Waals surface area contributed by atoms with Gasteiger partial charge in [-0.3, -0.25) is 4.98 Å². The van der Waals surface area contributed by atoms with Crippen molar-refractivity contribution in [2.45, 2.75) is 0 Å². The summed E-state index contributed by atoms with van der Waals surface area (Å²) < 4.78 is 18.7. The van der Waals surface area contributed by atoms with E-state index < -0.39 is 17.5 Å². The van der Waals surface area contributed by atoms with Gasteiger partial charge >= 0.3 is 5.76 Å². The second-order valence-electron chi connectivity index (χ2n) is 3.84. The van der Waals surface area contributed by atoms with Crippen LogP contribution in [0.3, 0.4) is 0 Å². The van der Waals surface area contributed by atoms with E-state index in [0.29, 0.717) is 5.39 Å². The molecule has 0 amide bonds. The Kier molecular flexibility index (Phi) is 2.19. The summed E-state index contributed by atoms with van der Waals surface area (Å²) in [6.07, 6.45) is 0. The van der Waals surface area contributed by atoms with Gasteiger partial charge < -0.3 is 9.52 Å². The molecule has 90 valence electrons. The van der Waals surface area contributed by atoms with Gasteiger partial charge in [-0.15, -0.1) is 0 Å². The molecular weight excluding hydrogens is 237 g/mol. The Morgan fingerprint density at radius 3 is 2.67 bits per heavy atom. The first-order chi connectivity index (χ1) is 8.66. The third-order valence-electron chi connectivity index (χ3n) is 2.74. The van der Waals surface area contributed by atoms with Crippen molar-refractivity contribution in [2.75, 3.05) is 0 Å². The summed E-state index contributed by atoms with van der Waals surface area (Å²) in [6, 6.07) is 9.95. The smallest absolute Gasteiger partial charge is 0.419 e. The van der Waals surface area contributed by atoms with E-state index in [4.69, 9.17) is 4.42 Å². The zero-order chi connectivity index (χ0) is 12.7. The molecule has 0 atom stereocenters. The van der Waals surface area contributed by atoms with Crippen LogP contribution in [0, 0.1) is 5.82 Å². The van der Waals surface area contributed by atoms with Gasteiger partial charge in [-0.1, -0.05) is 30.3 Å². The van der Waals surface area contributed by atoms with Gasteiger partial charge in [0, 0.05) is 0 Å². The number of benzene rings is 2. The lowest BCUT2D eigenvalue weighted by atomic mass is 10.0. The summed E-state index contributed by atoms with van der Waals surface area (Å²) in [6.45, 7) is 0. The maximum absolute atomic E-state index is 13.9. The number of hydrogen-bond acceptors (Lipinski definition) is 3. The highest BCUT2D eigenvalue weighted by molar-refractivity contribution is 5.96. The van der Waals surface area contributed by atoms with Crippen LogP contribution in [0.1, 0.15) is 0 Å². The van der Waals surface area contributed by atoms with Crippen molar-refractivity contribution in [3.8, 4) is 17.2 Å². The Morgan fingerprint density at radius 2 is 1.94 bits per heavy atom. The minimum atomic E-state index is -0.824. The standard InChI is InChI=1S/C13H8FNO3/c14-9-6-5-7-3-1-2-4-8(7)10(9)11-12(16)15-13(17)18-11/h1-6,16H,(H,15,17). The van der Waals surface area contributed by atoms with E-state index in [0.717, 1.165) is 5.39 Å². The number of aromatic nitrogens is 1. The summed E-state index contributed by atoms with van der Waals surface area (Å²) in [5.41, 5.74) is 0.0731. The summed E-state index contributed by atoms with van der Waals surface area (Å²) in [5, 5.41) is 10.9. The quantitative estimate of drug-likeness (QED) is 0.692. The van der Waals surface area contributed by atoms with Crippen molar-refractivity contribution in [1.29, 1.82) is 0 Å². The molecule has 18 heavy (non-hydrogen) atoms. The van der Waals surface area contributed by atoms with Crippen LogP contribution in [0.15, 0.2) is 45.6 Å². The maximum atomic E-state index is 13.9. The molecule has 3 rings (SSSR count). The lowest BCUT2D eigenvalue weighted by Crippen LogP contribution is -1.93. The van der Waals surface area contributed by atoms with Crippen molar-refractivity contribution < 1.29 is 13.9 Å². The molecule has 0 fully saturated rings. The Labute approximate surface area is 100 Å². The number of H-pyrrole nitrogens is 1. The molecule has 0 bridgehead atoms. The highest BCUT2D eigenvalue weighted by Crippen LogP contribution is 2.34. The van der Waals surface area contributed by atoms with Gasteiger partial charge in [0.25, 0.3) is 0 Å². The monoisotopic (exact) mass is 245 g/mol. The van der Waals surface area contributed by atoms with Gasteiger partial charge in [0.15, 0.2) is 0 Å². The van der Waals surface area contributed by atoms with Crippen LogP contribution in [-0.4, -0.2) is 10.1 Å². The molecule has 3 aromatic rings. The van der Waals surface area contributed by atoms with Gasteiger partial charge in [0.1, 0.15) is 5.82 Å². The van der Waals surface area contributed by atoms with E-state index >= 15 is 0 Å². The highest BCUT2D eigenvalue weighted by Gasteiger charge is 2.18. The van der Waals surface area contributed by atoms with E-state index in [1.54, 1.807) is 24.3 Å². The first-order valence-corrected chi connectivity index (χ1v) is 5.26. The molecule has 5 heteroatoms. The number of halogens is 1. The first kappa shape index (κ1) is 10.6. The Hall–Kier alpha value is -2.56. The number of nitrogens with one attached hydrogen (secondary N) is 1. The van der Waals surface area contributed by atoms with Crippen molar-refractivity contribution in [1.82, 2.24) is 4.98 Å². The molecular formula is C13H8FNO3. The Morgan fingerprint density at radius 1 is 1.17 bits per heavy atom. The van der Waals surface area contributed by atoms with Crippen molar-refractivity contribution in [3.63, 3.8) is 0 Å². The number of hydrogen-bond donors (Lipinski definition) is 2. The second kappa shape index (κ2) is 3.73. The average molecular weight is 245 g/mol. The van der Waals surface area contributed by atoms with Crippen molar-refractivity contribution >= 4 is 10.8 Å². The molecule has 0 saturated heterocycles. The number of rotatable bonds is 1. The molecule has 0 aliphatic carbocycles. The molecule has 4 nitrogen and oxygen atoms in total. The molecule has 0 aliphatic rings. The van der Waals surface area contributed by atoms with Gasteiger partial charge in [0.05, 0.1) is 5.56 Å². The molecule has 0 aliphatic heterocycles. The third kappa shape index (κ3) is 1.48. The lowest BCUT2D eigenvalue weighted by Gasteiger charge is -2.05. The van der Waals surface area contributed by atoms with Crippen molar-refractivity contribution in [2.24, 2.45) is 0 Å². The largest absolute Gasteiger partial charge is 0.492 e. The summed E-state index contributed by atoms with van der Waals surface area (Å²) >= 11 is 0. The minimum absolute atomic E-state index is 0.0731. The summed E-state index contributed by atoms with van der Waals surface area (Å²) in [5.74, 6) is -2.05. The SMILES string of the molecule is O=c1[nH]c(O)c(-c2c(F)ccc3ccccc23)o1. The van der Waals surface area contributed by atoms with Gasteiger partial charge in [-0.05, 0) is 16.8 Å². The second-order valence-corrected chi connectivity index (χ2v) is 3.84. The normalized spacial score (nSPS) is 10.9. The highest BCUT2D eigenvalue weighted by atomic mass is 19.1. The van der Waals surface area contributed by atoms with E-state index in [2.05, 4.69) is 4.98 Å². The molecule has 0 unspecified atom stereocenters. The summed E-state index contributed by atoms with van der Waals surface area (Å²) in [4.78, 5) is 13.1. The van der Waals surface area contributed by atoms with Crippen LogP contribution in [0.2, 0.25) is 0 Å². The molecule has 0 saturated carbocycles. The zero-order valence-corrected chi connectivity index (χ0v) is 9.11. The van der Waals surface area contributed by atoms with Gasteiger partial charge in [-0.25, -0.2) is 9.18 Å². The van der Waals surface area contributed by atoms with E-state index in [9.17, 15) is 14.3 Å². The molecule has 1 heterocycles. The fourth-order valence-electron chi connectivity index (χ4n) is 1.97. The van der Waals surface area contributed by atoms with Gasteiger partial charge in [-0.2, -0.15) is 0 Å². The third-order valence-corrected chi connectivity index (χ3v) is 2.74. The van der Waals surface area contributed by atoms with E-state index in [-0.39, 0.29) is 11.3 Å². The number of aromatic amines is 1. The van der Waals surface area contributed by atoms with Crippen LogP contribution in [0.5, 0.6) is 5.88 Å². The number of fused-ring (bicyclic) bond motifs is 1. The molecule has 1 aromatic heterocycles. The predicted octanol–water partition coefficient (Wildman–Crippen LogP) is 2.63. The zero-order valence-electron chi connectivity index (χ0n) is 9.11. The van der Waals surface area contributed by atoms with Crippen LogP contribution in [0.25, 0.3) is 22.1 Å². The van der Waals surface area contributed by atoms with Crippen LogP contribution in [0.4, 0.5) is 4.39 Å². The fourth-order valence-corrected chi connectivity index (χ4v) is 1.97. The average Bonchev–Trinajstić information content (AvgIpc) is 2.68. The number of oxazole rings is 1. The van der Waals surface area contributed by atoms with E-state index in [1.807, 2.05) is 6.07 Å². The first-order valence-electron chi connectivity index (χ1n) is 5.26. The van der Waals surface area contributed by atoms with E-state index in [1.165, 1.54) is 6.07 Å². The van der Waals surface area contributed by atoms with Crippen molar-refractivity contribution in [3.05, 3.63) is 52.8 Å². The molecule has 2 N–H and O–H groups in total. The molecule has 0 radical (unpaired) electrons. The Bertz CT molecular complexity index is 788. The fraction of sp³-hybridized carbons (Fsp3) is 0. The van der Waals surface area contributed by atoms with Crippen LogP contribution in [-0.2, 0) is 0 Å². The molecule has 0 spiro atoms. The molecule has 2 aromatic carbocycles. The topological polar surface area (TPSA) is 66.2 Å². The summed E-state index contributed by atoms with van der Waals surface area (Å²) in [7, 11) is 0. The predicted molar refractivity (Wildman–Crippen MR) is 63.9 cm³/mol. The number of aromatic hydroxyl groups is 1. The maximum Gasteiger partial charge on any atom is 0.419 e. The van der Waals surface area contributed by atoms with Gasteiger partial charge in [0.2, 0.25) is 11.6 Å². The minimum Gasteiger partial charge on any atom is -0.492 e. The van der Waals surface area contributed by atoms with Crippen LogP contribution < -0.4 is 5.76 Å². The Balaban J connectivity index is 2.44. The lowest BCUT2D eigenvalue weighted by molar-refractivity contribution is 0.451.